The van der Waals surface area contributed by atoms with Crippen LogP contribution in [-0.2, 0) is 37.8 Å². The van der Waals surface area contributed by atoms with E-state index in [1.807, 2.05) is 0 Å². The van der Waals surface area contributed by atoms with Gasteiger partial charge in [-0.05, 0) is 26.3 Å². The summed E-state index contributed by atoms with van der Waals surface area (Å²) in [6.45, 7) is 2.74. The van der Waals surface area contributed by atoms with Gasteiger partial charge < -0.3 is 40.4 Å². The van der Waals surface area contributed by atoms with Gasteiger partial charge in [-0.15, -0.1) is 6.04 Å². The number of methoxy groups -OCH3 is 1. The normalized spacial score (nSPS) is 29.5. The van der Waals surface area contributed by atoms with E-state index in [1.54, 1.807) is 6.92 Å². The number of phenols is 2. The van der Waals surface area contributed by atoms with E-state index in [1.165, 1.54) is 32.2 Å². The summed E-state index contributed by atoms with van der Waals surface area (Å²) in [7, 11) is 1.33. The molecule has 11 nitrogen and oxygen atoms in total. The van der Waals surface area contributed by atoms with Crippen molar-refractivity contribution in [2.75, 3.05) is 7.11 Å². The van der Waals surface area contributed by atoms with E-state index in [-0.39, 0.29) is 57.9 Å². The molecule has 6 atom stereocenters. The number of benzene rings is 2. The van der Waals surface area contributed by atoms with E-state index >= 15 is 0 Å². The molecule has 3 aliphatic rings. The van der Waals surface area contributed by atoms with Crippen molar-refractivity contribution in [3.63, 3.8) is 0 Å². The number of carbonyl (C=O) groups is 3. The van der Waals surface area contributed by atoms with Crippen LogP contribution in [-0.4, -0.2) is 75.0 Å². The number of aliphatic hydroxyl groups is 2. The summed E-state index contributed by atoms with van der Waals surface area (Å²) in [4.78, 5) is 39.6. The van der Waals surface area contributed by atoms with Gasteiger partial charge >= 0.3 is 17.1 Å². The van der Waals surface area contributed by atoms with Crippen LogP contribution in [0, 0.1) is 0 Å². The zero-order valence-corrected chi connectivity index (χ0v) is 22.2. The number of hydrogen-bond acceptors (Lipinski definition) is 10. The minimum absolute atomic E-state index is 0. The summed E-state index contributed by atoms with van der Waals surface area (Å²) >= 11 is 0. The van der Waals surface area contributed by atoms with Crippen LogP contribution >= 0.6 is 0 Å². The van der Waals surface area contributed by atoms with Crippen LogP contribution in [0.4, 0.5) is 0 Å². The monoisotopic (exact) mass is 589 g/mol. The van der Waals surface area contributed by atoms with E-state index in [2.05, 4.69) is 0 Å². The molecule has 0 spiro atoms. The number of Topliss-reactive ketones (excluding diaryl/α,β-unsaturated/α-hetero) is 1. The summed E-state index contributed by atoms with van der Waals surface area (Å²) < 4.78 is 17.0. The third kappa shape index (κ3) is 4.46. The third-order valence-electron chi connectivity index (χ3n) is 7.75. The molecule has 0 bridgehead atoms. The largest absolute Gasteiger partial charge is 1.00 e. The second-order valence-corrected chi connectivity index (χ2v) is 10.1. The van der Waals surface area contributed by atoms with Crippen LogP contribution in [0.15, 0.2) is 18.2 Å². The molecular formula is C27H28CuNO10. The number of aliphatic hydroxyl groups excluding tert-OH is 1. The van der Waals surface area contributed by atoms with Crippen molar-refractivity contribution in [3.8, 4) is 17.2 Å². The predicted molar refractivity (Wildman–Crippen MR) is 130 cm³/mol. The number of fused-ring (bicyclic) bond motifs is 3. The number of carbonyl (C=O) groups excluding carboxylic acids is 3. The van der Waals surface area contributed by atoms with E-state index in [0.29, 0.717) is 0 Å². The first-order valence-corrected chi connectivity index (χ1v) is 12.2. The molecule has 12 heteroatoms. The first-order valence-electron chi connectivity index (χ1n) is 12.2. The Kier molecular flexibility index (Phi) is 7.69. The number of ketones is 3. The van der Waals surface area contributed by atoms with Crippen LogP contribution in [0.1, 0.15) is 75.8 Å². The fourth-order valence-electron chi connectivity index (χ4n) is 5.62. The summed E-state index contributed by atoms with van der Waals surface area (Å²) in [6, 6.07) is 3.48. The maximum Gasteiger partial charge on any atom is 1.00 e. The maximum atomic E-state index is 13.6. The Morgan fingerprint density at radius 3 is 2.41 bits per heavy atom. The molecule has 2 aromatic carbocycles. The third-order valence-corrected chi connectivity index (χ3v) is 7.75. The summed E-state index contributed by atoms with van der Waals surface area (Å²) in [5, 5.41) is 44.0. The second-order valence-electron chi connectivity index (χ2n) is 10.1. The van der Waals surface area contributed by atoms with Crippen molar-refractivity contribution in [2.45, 2.75) is 69.4 Å². The maximum absolute atomic E-state index is 13.6. The number of aromatic hydroxyl groups is 2. The molecule has 5 N–H and O–H groups in total. The predicted octanol–water partition coefficient (Wildman–Crippen LogP) is 2.12. The minimum Gasteiger partial charge on any atom is -0.672 e. The molecule has 1 saturated heterocycles. The molecule has 0 radical (unpaired) electrons. The Hall–Kier alpha value is -2.83. The Balaban J connectivity index is 0.00000353. The van der Waals surface area contributed by atoms with Gasteiger partial charge in [0.2, 0.25) is 5.78 Å². The van der Waals surface area contributed by atoms with Crippen molar-refractivity contribution in [2.24, 2.45) is 0 Å². The molecule has 0 aromatic heterocycles. The molecule has 4 unspecified atom stereocenters. The first kappa shape index (κ1) is 29.2. The van der Waals surface area contributed by atoms with Gasteiger partial charge in [-0.2, -0.15) is 0 Å². The minimum atomic E-state index is -2.02. The van der Waals surface area contributed by atoms with Gasteiger partial charge in [-0.1, -0.05) is 12.1 Å². The zero-order chi connectivity index (χ0) is 27.7. The van der Waals surface area contributed by atoms with E-state index in [9.17, 15) is 34.8 Å². The van der Waals surface area contributed by atoms with Crippen LogP contribution in [0.5, 0.6) is 17.2 Å². The Morgan fingerprint density at radius 2 is 1.79 bits per heavy atom. The van der Waals surface area contributed by atoms with Gasteiger partial charge in [0.15, 0.2) is 17.9 Å². The molecule has 1 fully saturated rings. The zero-order valence-electron chi connectivity index (χ0n) is 21.3. The number of ether oxygens (including phenoxy) is 3. The fourth-order valence-corrected chi connectivity index (χ4v) is 5.62. The van der Waals surface area contributed by atoms with Crippen molar-refractivity contribution < 1.29 is 66.1 Å². The average molecular weight is 590 g/mol. The Bertz CT molecular complexity index is 1370. The molecule has 1 aliphatic heterocycles. The fraction of sp³-hybridized carbons (Fsp3) is 0.444. The summed E-state index contributed by atoms with van der Waals surface area (Å²) in [6.07, 6.45) is -4.94. The van der Waals surface area contributed by atoms with Crippen molar-refractivity contribution in [3.05, 3.63) is 57.3 Å². The van der Waals surface area contributed by atoms with Crippen molar-refractivity contribution >= 4 is 17.3 Å². The molecule has 1 heterocycles. The summed E-state index contributed by atoms with van der Waals surface area (Å²) in [5.74, 6) is -3.24. The molecule has 2 aromatic rings. The molecule has 2 aliphatic carbocycles. The van der Waals surface area contributed by atoms with Crippen LogP contribution in [0.3, 0.4) is 0 Å². The number of rotatable bonds is 4. The van der Waals surface area contributed by atoms with E-state index in [0.717, 1.165) is 0 Å². The van der Waals surface area contributed by atoms with Crippen LogP contribution in [0.25, 0.3) is 5.73 Å². The van der Waals surface area contributed by atoms with Gasteiger partial charge in [-0.3, -0.25) is 14.4 Å². The number of nitrogens with one attached hydrogen (secondary N) is 1. The Labute approximate surface area is 234 Å². The van der Waals surface area contributed by atoms with Gasteiger partial charge in [-0.25, -0.2) is 0 Å². The SMILES string of the molecule is COc1cccc2c1C(=O)c1c(O)c3c(c(O)c1C2=O)C[C@@](O)(C(C)=O)C[C@@H]3OC1CC([NH-])C(O)C(C)O1.[Cu+]. The summed E-state index contributed by atoms with van der Waals surface area (Å²) in [5.41, 5.74) is 4.98. The molecule has 212 valence electrons. The van der Waals surface area contributed by atoms with Gasteiger partial charge in [0.1, 0.15) is 22.8 Å². The van der Waals surface area contributed by atoms with Crippen LogP contribution < -0.4 is 4.74 Å². The van der Waals surface area contributed by atoms with E-state index in [4.69, 9.17) is 19.9 Å². The average Bonchev–Trinajstić information content (AvgIpc) is 2.87. The van der Waals surface area contributed by atoms with Crippen molar-refractivity contribution in [1.29, 1.82) is 0 Å². The first-order chi connectivity index (χ1) is 17.9. The smallest absolute Gasteiger partial charge is 0.672 e. The van der Waals surface area contributed by atoms with Crippen molar-refractivity contribution in [1.82, 2.24) is 0 Å². The number of phenolic OH excluding ortho intramolecular Hbond substituents is 2. The molecule has 5 rings (SSSR count). The van der Waals surface area contributed by atoms with Gasteiger partial charge in [0, 0.05) is 29.5 Å². The second kappa shape index (κ2) is 10.3. The molecule has 0 saturated carbocycles. The topological polar surface area (TPSA) is 184 Å². The van der Waals surface area contributed by atoms with Gasteiger partial charge in [0.05, 0.1) is 42.1 Å². The molecule has 39 heavy (non-hydrogen) atoms. The standard InChI is InChI=1S/C27H28NO10.Cu/c1-10-22(30)14(28)7-17(37-10)38-16-9-27(35,11(2)29)8-13-19(16)26(34)21-20(24(13)32)23(31)12-5-4-6-15(36-3)18(12)25(21)33;/h4-6,10,14,16-17,22,28,30,32,34-35H,7-9H2,1-3H3;/q-1;+1/t10?,14?,16-,17?,22?,27-;/m0./s1. The number of hydrogen-bond donors (Lipinski definition) is 4. The molecule has 0 amide bonds. The van der Waals surface area contributed by atoms with E-state index < -0.39 is 82.6 Å². The van der Waals surface area contributed by atoms with Crippen LogP contribution in [0.2, 0.25) is 0 Å². The Morgan fingerprint density at radius 1 is 1.13 bits per heavy atom. The molecular weight excluding hydrogens is 562 g/mol. The quantitative estimate of drug-likeness (QED) is 0.259. The van der Waals surface area contributed by atoms with Gasteiger partial charge in [0.25, 0.3) is 0 Å².